The molecule has 1 heterocycles. The zero-order chi connectivity index (χ0) is 12.7. The van der Waals surface area contributed by atoms with Crippen LogP contribution in [0, 0.1) is 5.92 Å². The first-order chi connectivity index (χ1) is 8.11. The van der Waals surface area contributed by atoms with Crippen LogP contribution in [-0.4, -0.2) is 33.2 Å². The molecule has 1 unspecified atom stereocenters. The van der Waals surface area contributed by atoms with Gasteiger partial charge in [0.05, 0.1) is 6.33 Å². The summed E-state index contributed by atoms with van der Waals surface area (Å²) in [5.41, 5.74) is 0. The van der Waals surface area contributed by atoms with Gasteiger partial charge in [0.2, 0.25) is 0 Å². The zero-order valence-electron chi connectivity index (χ0n) is 10.5. The molecule has 1 aromatic heterocycles. The minimum absolute atomic E-state index is 0.112. The van der Waals surface area contributed by atoms with Gasteiger partial charge in [0.25, 0.3) is 0 Å². The molecular formula is C12H21N3O2. The van der Waals surface area contributed by atoms with E-state index in [1.807, 2.05) is 24.6 Å². The van der Waals surface area contributed by atoms with Crippen LogP contribution in [0.15, 0.2) is 18.7 Å². The number of unbranched alkanes of at least 4 members (excludes halogenated alkanes) is 1. The number of nitrogens with zero attached hydrogens (tertiary/aromatic N) is 2. The Hall–Kier alpha value is -1.36. The second-order valence-electron chi connectivity index (χ2n) is 4.52. The quantitative estimate of drug-likeness (QED) is 0.672. The fourth-order valence-corrected chi connectivity index (χ4v) is 1.70. The number of rotatable bonds is 8. The number of aromatic nitrogens is 2. The largest absolute Gasteiger partial charge is 0.480 e. The van der Waals surface area contributed by atoms with Crippen LogP contribution in [0.3, 0.4) is 0 Å². The molecular weight excluding hydrogens is 218 g/mol. The van der Waals surface area contributed by atoms with E-state index >= 15 is 0 Å². The summed E-state index contributed by atoms with van der Waals surface area (Å²) in [6.45, 7) is 5.50. The summed E-state index contributed by atoms with van der Waals surface area (Å²) in [5, 5.41) is 12.0. The van der Waals surface area contributed by atoms with Gasteiger partial charge in [-0.05, 0) is 25.3 Å². The van der Waals surface area contributed by atoms with Crippen molar-refractivity contribution in [2.75, 3.05) is 6.54 Å². The van der Waals surface area contributed by atoms with Crippen molar-refractivity contribution in [3.05, 3.63) is 18.7 Å². The van der Waals surface area contributed by atoms with Gasteiger partial charge in [0.15, 0.2) is 0 Å². The summed E-state index contributed by atoms with van der Waals surface area (Å²) in [6, 6.07) is -0.441. The molecule has 0 aromatic carbocycles. The molecule has 96 valence electrons. The molecule has 0 aliphatic heterocycles. The highest BCUT2D eigenvalue weighted by molar-refractivity contribution is 5.73. The number of carboxylic acid groups (broad SMARTS) is 1. The van der Waals surface area contributed by atoms with Crippen LogP contribution < -0.4 is 5.32 Å². The van der Waals surface area contributed by atoms with Crippen molar-refractivity contribution < 1.29 is 9.90 Å². The lowest BCUT2D eigenvalue weighted by molar-refractivity contribution is -0.140. The predicted octanol–water partition coefficient (Wildman–Crippen LogP) is 1.36. The van der Waals surface area contributed by atoms with E-state index in [0.29, 0.717) is 0 Å². The molecule has 1 atom stereocenters. The Balaban J connectivity index is 2.12. The van der Waals surface area contributed by atoms with Gasteiger partial charge in [0, 0.05) is 18.9 Å². The number of carbonyl (C=O) groups is 1. The number of aliphatic carboxylic acids is 1. The van der Waals surface area contributed by atoms with E-state index in [4.69, 9.17) is 5.11 Å². The number of nitrogens with one attached hydrogen (secondary N) is 1. The van der Waals surface area contributed by atoms with E-state index in [9.17, 15) is 4.79 Å². The molecule has 5 nitrogen and oxygen atoms in total. The Morgan fingerprint density at radius 1 is 1.47 bits per heavy atom. The van der Waals surface area contributed by atoms with Crippen molar-refractivity contribution in [2.24, 2.45) is 5.92 Å². The van der Waals surface area contributed by atoms with E-state index in [-0.39, 0.29) is 5.92 Å². The van der Waals surface area contributed by atoms with Crippen LogP contribution >= 0.6 is 0 Å². The number of hydrogen-bond acceptors (Lipinski definition) is 3. The van der Waals surface area contributed by atoms with Crippen LogP contribution in [0.1, 0.15) is 26.7 Å². The molecule has 0 radical (unpaired) electrons. The predicted molar refractivity (Wildman–Crippen MR) is 65.7 cm³/mol. The molecule has 0 spiro atoms. The Kier molecular flexibility index (Phi) is 5.69. The van der Waals surface area contributed by atoms with Gasteiger partial charge in [-0.2, -0.15) is 0 Å². The summed E-state index contributed by atoms with van der Waals surface area (Å²) in [5.74, 6) is -0.657. The van der Waals surface area contributed by atoms with Crippen molar-refractivity contribution in [2.45, 2.75) is 39.3 Å². The average Bonchev–Trinajstić information content (AvgIpc) is 2.74. The van der Waals surface area contributed by atoms with Crippen molar-refractivity contribution in [3.63, 3.8) is 0 Å². The lowest BCUT2D eigenvalue weighted by atomic mass is 10.0. The molecule has 5 heteroatoms. The number of aryl methyl sites for hydroxylation is 1. The topological polar surface area (TPSA) is 67.2 Å². The van der Waals surface area contributed by atoms with Crippen molar-refractivity contribution in [1.82, 2.24) is 14.9 Å². The Labute approximate surface area is 102 Å². The minimum Gasteiger partial charge on any atom is -0.480 e. The SMILES string of the molecule is CC(C)C(NCCCCn1ccnc1)C(=O)O. The van der Waals surface area contributed by atoms with Crippen LogP contribution in [-0.2, 0) is 11.3 Å². The summed E-state index contributed by atoms with van der Waals surface area (Å²) in [6.07, 6.45) is 7.48. The van der Waals surface area contributed by atoms with Gasteiger partial charge < -0.3 is 15.0 Å². The number of imidazole rings is 1. The average molecular weight is 239 g/mol. The van der Waals surface area contributed by atoms with E-state index in [0.717, 1.165) is 25.9 Å². The molecule has 1 rings (SSSR count). The van der Waals surface area contributed by atoms with Gasteiger partial charge in [-0.3, -0.25) is 4.79 Å². The minimum atomic E-state index is -0.769. The molecule has 0 amide bonds. The molecule has 2 N–H and O–H groups in total. The molecule has 0 saturated carbocycles. The molecule has 0 bridgehead atoms. The molecule has 0 fully saturated rings. The van der Waals surface area contributed by atoms with Crippen LogP contribution in [0.2, 0.25) is 0 Å². The second-order valence-corrected chi connectivity index (χ2v) is 4.52. The van der Waals surface area contributed by atoms with Gasteiger partial charge >= 0.3 is 5.97 Å². The molecule has 0 aliphatic rings. The van der Waals surface area contributed by atoms with Crippen LogP contribution in [0.25, 0.3) is 0 Å². The van der Waals surface area contributed by atoms with Gasteiger partial charge in [-0.1, -0.05) is 13.8 Å². The van der Waals surface area contributed by atoms with Gasteiger partial charge in [0.1, 0.15) is 6.04 Å². The summed E-state index contributed by atoms with van der Waals surface area (Å²) in [4.78, 5) is 14.9. The fraction of sp³-hybridized carbons (Fsp3) is 0.667. The Bertz CT molecular complexity index is 323. The molecule has 1 aromatic rings. The smallest absolute Gasteiger partial charge is 0.320 e. The summed E-state index contributed by atoms with van der Waals surface area (Å²) >= 11 is 0. The Morgan fingerprint density at radius 3 is 2.76 bits per heavy atom. The van der Waals surface area contributed by atoms with Gasteiger partial charge in [-0.25, -0.2) is 4.98 Å². The third kappa shape index (κ3) is 4.99. The lowest BCUT2D eigenvalue weighted by Crippen LogP contribution is -2.41. The lowest BCUT2D eigenvalue weighted by Gasteiger charge is -2.17. The normalized spacial score (nSPS) is 12.9. The molecule has 0 saturated heterocycles. The van der Waals surface area contributed by atoms with Crippen molar-refractivity contribution in [1.29, 1.82) is 0 Å². The summed E-state index contributed by atoms with van der Waals surface area (Å²) < 4.78 is 2.02. The highest BCUT2D eigenvalue weighted by Crippen LogP contribution is 2.02. The van der Waals surface area contributed by atoms with Crippen molar-refractivity contribution >= 4 is 5.97 Å². The third-order valence-corrected chi connectivity index (χ3v) is 2.70. The van der Waals surface area contributed by atoms with Crippen LogP contribution in [0.5, 0.6) is 0 Å². The molecule has 17 heavy (non-hydrogen) atoms. The van der Waals surface area contributed by atoms with E-state index < -0.39 is 12.0 Å². The number of hydrogen-bond donors (Lipinski definition) is 2. The molecule has 0 aliphatic carbocycles. The van der Waals surface area contributed by atoms with Crippen LogP contribution in [0.4, 0.5) is 0 Å². The third-order valence-electron chi connectivity index (χ3n) is 2.70. The number of carboxylic acids is 1. The second kappa shape index (κ2) is 7.06. The maximum Gasteiger partial charge on any atom is 0.320 e. The van der Waals surface area contributed by atoms with Gasteiger partial charge in [-0.15, -0.1) is 0 Å². The van der Waals surface area contributed by atoms with Crippen molar-refractivity contribution in [3.8, 4) is 0 Å². The Morgan fingerprint density at radius 2 is 2.24 bits per heavy atom. The standard InChI is InChI=1S/C12H21N3O2/c1-10(2)11(12(16)17)14-5-3-4-7-15-8-6-13-9-15/h6,8-11,14H,3-5,7H2,1-2H3,(H,16,17). The maximum atomic E-state index is 10.9. The van der Waals surface area contributed by atoms with E-state index in [1.54, 1.807) is 12.5 Å². The highest BCUT2D eigenvalue weighted by atomic mass is 16.4. The highest BCUT2D eigenvalue weighted by Gasteiger charge is 2.19. The van der Waals surface area contributed by atoms with E-state index in [2.05, 4.69) is 10.3 Å². The zero-order valence-corrected chi connectivity index (χ0v) is 10.5. The monoisotopic (exact) mass is 239 g/mol. The first kappa shape index (κ1) is 13.7. The fourth-order valence-electron chi connectivity index (χ4n) is 1.70. The first-order valence-corrected chi connectivity index (χ1v) is 6.03. The van der Waals surface area contributed by atoms with E-state index in [1.165, 1.54) is 0 Å². The first-order valence-electron chi connectivity index (χ1n) is 6.03. The maximum absolute atomic E-state index is 10.9. The summed E-state index contributed by atoms with van der Waals surface area (Å²) in [7, 11) is 0.